The quantitative estimate of drug-likeness (QED) is 0.822. The van der Waals surface area contributed by atoms with Crippen LogP contribution in [0, 0.1) is 11.3 Å². The number of rotatable bonds is 5. The van der Waals surface area contributed by atoms with Crippen LogP contribution >= 0.6 is 0 Å². The largest absolute Gasteiger partial charge is 0.496 e. The van der Waals surface area contributed by atoms with E-state index in [9.17, 15) is 4.21 Å². The minimum absolute atomic E-state index is 0.371. The Morgan fingerprint density at radius 3 is 2.88 bits per heavy atom. The van der Waals surface area contributed by atoms with E-state index in [2.05, 4.69) is 0 Å². The number of nitriles is 1. The van der Waals surface area contributed by atoms with Gasteiger partial charge >= 0.3 is 0 Å². The molecule has 0 amide bonds. The minimum Gasteiger partial charge on any atom is -0.496 e. The molecule has 0 aromatic heterocycles. The van der Waals surface area contributed by atoms with E-state index in [-0.39, 0.29) is 0 Å². The maximum Gasteiger partial charge on any atom is 0.123 e. The van der Waals surface area contributed by atoms with Crippen LogP contribution in [0.15, 0.2) is 18.2 Å². The molecule has 1 aromatic carbocycles. The monoisotopic (exact) mass is 238 g/mol. The number of ether oxygens (including phenoxy) is 1. The lowest BCUT2D eigenvalue weighted by atomic mass is 10.1. The van der Waals surface area contributed by atoms with Crippen LogP contribution in [0.25, 0.3) is 0 Å². The van der Waals surface area contributed by atoms with Crippen LogP contribution in [0.5, 0.6) is 5.75 Å². The molecule has 0 aliphatic rings. The number of benzene rings is 1. The van der Waals surface area contributed by atoms with Crippen LogP contribution in [0.2, 0.25) is 0 Å². The Labute approximate surface area is 97.5 Å². The minimum atomic E-state index is -1.01. The van der Waals surface area contributed by atoms with E-state index in [4.69, 9.17) is 15.7 Å². The fraction of sp³-hybridized carbons (Fsp3) is 0.364. The maximum absolute atomic E-state index is 11.6. The molecule has 0 spiro atoms. The third kappa shape index (κ3) is 3.33. The van der Waals surface area contributed by atoms with E-state index >= 15 is 0 Å². The first-order valence-corrected chi connectivity index (χ1v) is 6.32. The zero-order valence-electron chi connectivity index (χ0n) is 9.10. The summed E-state index contributed by atoms with van der Waals surface area (Å²) in [5.41, 5.74) is 6.66. The zero-order valence-corrected chi connectivity index (χ0v) is 9.92. The molecule has 4 nitrogen and oxygen atoms in total. The summed E-state index contributed by atoms with van der Waals surface area (Å²) in [7, 11) is 0.545. The molecule has 1 aromatic rings. The number of nitrogens with zero attached hydrogens (tertiary/aromatic N) is 1. The first-order chi connectivity index (χ1) is 7.71. The van der Waals surface area contributed by atoms with E-state index in [1.807, 2.05) is 6.07 Å². The highest BCUT2D eigenvalue weighted by atomic mass is 32.2. The summed E-state index contributed by atoms with van der Waals surface area (Å²) in [6.45, 7) is 0.396. The summed E-state index contributed by atoms with van der Waals surface area (Å²) in [6.07, 6.45) is 0. The summed E-state index contributed by atoms with van der Waals surface area (Å²) in [5.74, 6) is 1.49. The maximum atomic E-state index is 11.6. The first-order valence-electron chi connectivity index (χ1n) is 4.83. The third-order valence-corrected chi connectivity index (χ3v) is 3.40. The van der Waals surface area contributed by atoms with Gasteiger partial charge in [-0.1, -0.05) is 0 Å². The van der Waals surface area contributed by atoms with Crippen LogP contribution in [0.4, 0.5) is 0 Å². The van der Waals surface area contributed by atoms with Gasteiger partial charge in [0.1, 0.15) is 5.75 Å². The molecule has 1 atom stereocenters. The van der Waals surface area contributed by atoms with Crippen LogP contribution < -0.4 is 10.5 Å². The second kappa shape index (κ2) is 6.26. The fourth-order valence-electron chi connectivity index (χ4n) is 1.34. The van der Waals surface area contributed by atoms with Gasteiger partial charge in [0.2, 0.25) is 0 Å². The zero-order chi connectivity index (χ0) is 12.0. The topological polar surface area (TPSA) is 76.1 Å². The highest BCUT2D eigenvalue weighted by Crippen LogP contribution is 2.21. The summed E-state index contributed by atoms with van der Waals surface area (Å²) in [6, 6.07) is 7.14. The van der Waals surface area contributed by atoms with Gasteiger partial charge in [-0.25, -0.2) is 0 Å². The van der Waals surface area contributed by atoms with E-state index in [1.165, 1.54) is 0 Å². The molecule has 0 saturated carbocycles. The molecule has 0 saturated heterocycles. The van der Waals surface area contributed by atoms with Crippen molar-refractivity contribution in [3.63, 3.8) is 0 Å². The second-order valence-electron chi connectivity index (χ2n) is 3.22. The lowest BCUT2D eigenvalue weighted by Gasteiger charge is -2.08. The van der Waals surface area contributed by atoms with E-state index in [0.717, 1.165) is 5.56 Å². The van der Waals surface area contributed by atoms with Gasteiger partial charge in [0.15, 0.2) is 0 Å². The van der Waals surface area contributed by atoms with Crippen molar-refractivity contribution in [3.05, 3.63) is 29.3 Å². The fourth-order valence-corrected chi connectivity index (χ4v) is 2.32. The standard InChI is InChI=1S/C11H14N2O2S/c1-15-11-3-2-9(7-13)6-10(11)8-16(14)5-4-12/h2-3,6H,4-5,8,12H2,1H3. The van der Waals surface area contributed by atoms with Crippen molar-refractivity contribution in [1.82, 2.24) is 0 Å². The molecule has 0 aliphatic carbocycles. The smallest absolute Gasteiger partial charge is 0.123 e. The summed E-state index contributed by atoms with van der Waals surface area (Å²) >= 11 is 0. The van der Waals surface area contributed by atoms with Crippen molar-refractivity contribution in [1.29, 1.82) is 5.26 Å². The van der Waals surface area contributed by atoms with Gasteiger partial charge in [0, 0.05) is 28.7 Å². The van der Waals surface area contributed by atoms with Gasteiger partial charge in [0.05, 0.1) is 24.5 Å². The van der Waals surface area contributed by atoms with Gasteiger partial charge in [-0.05, 0) is 18.2 Å². The average molecular weight is 238 g/mol. The van der Waals surface area contributed by atoms with Crippen molar-refractivity contribution in [2.45, 2.75) is 5.75 Å². The lowest BCUT2D eigenvalue weighted by Crippen LogP contribution is -2.12. The average Bonchev–Trinajstić information content (AvgIpc) is 2.29. The molecule has 0 radical (unpaired) electrons. The normalized spacial score (nSPS) is 11.8. The van der Waals surface area contributed by atoms with Gasteiger partial charge in [0.25, 0.3) is 0 Å². The van der Waals surface area contributed by atoms with Crippen LogP contribution in [-0.2, 0) is 16.6 Å². The molecular weight excluding hydrogens is 224 g/mol. The molecule has 16 heavy (non-hydrogen) atoms. The summed E-state index contributed by atoms with van der Waals surface area (Å²) < 4.78 is 16.7. The number of nitrogens with two attached hydrogens (primary N) is 1. The molecule has 2 N–H and O–H groups in total. The van der Waals surface area contributed by atoms with Crippen molar-refractivity contribution in [2.24, 2.45) is 5.73 Å². The molecule has 0 bridgehead atoms. The molecule has 0 heterocycles. The second-order valence-corrected chi connectivity index (χ2v) is 4.79. The van der Waals surface area contributed by atoms with Gasteiger partial charge < -0.3 is 10.5 Å². The Bertz CT molecular complexity index is 426. The van der Waals surface area contributed by atoms with Crippen molar-refractivity contribution in [3.8, 4) is 11.8 Å². The van der Waals surface area contributed by atoms with Crippen LogP contribution in [0.3, 0.4) is 0 Å². The molecule has 5 heteroatoms. The Morgan fingerprint density at radius 1 is 1.56 bits per heavy atom. The molecule has 0 aliphatic heterocycles. The Hall–Kier alpha value is -1.38. The third-order valence-electron chi connectivity index (χ3n) is 2.07. The number of hydrogen-bond acceptors (Lipinski definition) is 4. The lowest BCUT2D eigenvalue weighted by molar-refractivity contribution is 0.411. The van der Waals surface area contributed by atoms with Crippen molar-refractivity contribution in [2.75, 3.05) is 19.4 Å². The Morgan fingerprint density at radius 2 is 2.31 bits per heavy atom. The van der Waals surface area contributed by atoms with E-state index in [1.54, 1.807) is 25.3 Å². The first kappa shape index (κ1) is 12.7. The van der Waals surface area contributed by atoms with Crippen LogP contribution in [0.1, 0.15) is 11.1 Å². The molecule has 86 valence electrons. The highest BCUT2D eigenvalue weighted by molar-refractivity contribution is 7.84. The summed E-state index contributed by atoms with van der Waals surface area (Å²) in [4.78, 5) is 0. The van der Waals surface area contributed by atoms with E-state index in [0.29, 0.717) is 29.4 Å². The molecule has 1 rings (SSSR count). The van der Waals surface area contributed by atoms with Gasteiger partial charge in [-0.15, -0.1) is 0 Å². The molecular formula is C11H14N2O2S. The Kier molecular flexibility index (Phi) is 4.96. The van der Waals surface area contributed by atoms with Crippen molar-refractivity contribution < 1.29 is 8.95 Å². The molecule has 0 fully saturated rings. The van der Waals surface area contributed by atoms with Crippen LogP contribution in [-0.4, -0.2) is 23.6 Å². The number of hydrogen-bond donors (Lipinski definition) is 1. The molecule has 1 unspecified atom stereocenters. The number of methoxy groups -OCH3 is 1. The predicted molar refractivity (Wildman–Crippen MR) is 63.5 cm³/mol. The van der Waals surface area contributed by atoms with Gasteiger partial charge in [-0.3, -0.25) is 4.21 Å². The predicted octanol–water partition coefficient (Wildman–Crippen LogP) is 0.774. The SMILES string of the molecule is COc1ccc(C#N)cc1CS(=O)CCN. The van der Waals surface area contributed by atoms with Gasteiger partial charge in [-0.2, -0.15) is 5.26 Å². The van der Waals surface area contributed by atoms with Crippen molar-refractivity contribution >= 4 is 10.8 Å². The highest BCUT2D eigenvalue weighted by Gasteiger charge is 2.08. The van der Waals surface area contributed by atoms with E-state index < -0.39 is 10.8 Å². The summed E-state index contributed by atoms with van der Waals surface area (Å²) in [5, 5.41) is 8.78. The Balaban J connectivity index is 2.92.